The van der Waals surface area contributed by atoms with Crippen molar-refractivity contribution in [1.82, 2.24) is 0 Å². The smallest absolute Gasteiger partial charge is 0.139 e. The second kappa shape index (κ2) is 5.77. The maximum absolute atomic E-state index is 9.98. The summed E-state index contributed by atoms with van der Waals surface area (Å²) in [5.41, 5.74) is 0. The van der Waals surface area contributed by atoms with Crippen LogP contribution in [0.15, 0.2) is 0 Å². The highest BCUT2D eigenvalue weighted by molar-refractivity contribution is 6.11. The Kier molecular flexibility index (Phi) is 4.97. The summed E-state index contributed by atoms with van der Waals surface area (Å²) in [6.45, 7) is 4.33. The van der Waals surface area contributed by atoms with Gasteiger partial charge in [-0.15, -0.1) is 0 Å². The van der Waals surface area contributed by atoms with Crippen molar-refractivity contribution < 1.29 is 9.84 Å². The van der Waals surface area contributed by atoms with Gasteiger partial charge in [0.1, 0.15) is 7.85 Å². The van der Waals surface area contributed by atoms with Crippen LogP contribution in [0, 0.1) is 5.92 Å². The van der Waals surface area contributed by atoms with Gasteiger partial charge in [-0.3, -0.25) is 0 Å². The molecule has 14 heavy (non-hydrogen) atoms. The molecule has 0 radical (unpaired) electrons. The normalized spacial score (nSPS) is 39.4. The van der Waals surface area contributed by atoms with E-state index in [0.717, 1.165) is 32.1 Å². The van der Waals surface area contributed by atoms with E-state index in [1.165, 1.54) is 0 Å². The Labute approximate surface area is 88.4 Å². The number of hydrogen-bond acceptors (Lipinski definition) is 2. The first kappa shape index (κ1) is 12.1. The van der Waals surface area contributed by atoms with Crippen molar-refractivity contribution in [2.75, 3.05) is 0 Å². The zero-order valence-corrected chi connectivity index (χ0v) is 9.70. The fourth-order valence-corrected chi connectivity index (χ4v) is 2.44. The molecule has 0 aromatic heterocycles. The van der Waals surface area contributed by atoms with E-state index in [0.29, 0.717) is 11.9 Å². The van der Waals surface area contributed by atoms with E-state index >= 15 is 0 Å². The molecule has 1 aliphatic heterocycles. The largest absolute Gasteiger partial charge is 0.393 e. The lowest BCUT2D eigenvalue weighted by atomic mass is 9.88. The van der Waals surface area contributed by atoms with E-state index in [4.69, 9.17) is 4.74 Å². The van der Waals surface area contributed by atoms with Gasteiger partial charge in [-0.2, -0.15) is 0 Å². The molecule has 2 nitrogen and oxygen atoms in total. The Morgan fingerprint density at radius 2 is 2.07 bits per heavy atom. The molecule has 1 fully saturated rings. The lowest BCUT2D eigenvalue weighted by molar-refractivity contribution is -0.0295. The van der Waals surface area contributed by atoms with Crippen LogP contribution >= 0.6 is 0 Å². The lowest BCUT2D eigenvalue weighted by Crippen LogP contribution is -2.32. The maximum Gasteiger partial charge on any atom is 0.139 e. The SMILES string of the molecule is BC1CCC(O)C(CC)C(CCC)O1. The first-order valence-electron chi connectivity index (χ1n) is 6.02. The van der Waals surface area contributed by atoms with Crippen molar-refractivity contribution in [3.63, 3.8) is 0 Å². The second-order valence-corrected chi connectivity index (χ2v) is 4.49. The highest BCUT2D eigenvalue weighted by Gasteiger charge is 2.31. The molecule has 4 unspecified atom stereocenters. The Balaban J connectivity index is 2.63. The molecule has 1 aliphatic rings. The van der Waals surface area contributed by atoms with Crippen LogP contribution in [-0.2, 0) is 4.74 Å². The molecule has 82 valence electrons. The third-order valence-electron chi connectivity index (χ3n) is 3.29. The van der Waals surface area contributed by atoms with Gasteiger partial charge in [0.15, 0.2) is 0 Å². The first-order valence-corrected chi connectivity index (χ1v) is 6.02. The maximum atomic E-state index is 9.98. The van der Waals surface area contributed by atoms with Gasteiger partial charge in [0.2, 0.25) is 0 Å². The molecule has 0 spiro atoms. The average Bonchev–Trinajstić information content (AvgIpc) is 2.27. The quantitative estimate of drug-likeness (QED) is 0.693. The van der Waals surface area contributed by atoms with Crippen LogP contribution in [0.1, 0.15) is 46.0 Å². The summed E-state index contributed by atoms with van der Waals surface area (Å²) in [6, 6.07) is 0.317. The van der Waals surface area contributed by atoms with Crippen molar-refractivity contribution in [3.8, 4) is 0 Å². The summed E-state index contributed by atoms with van der Waals surface area (Å²) >= 11 is 0. The monoisotopic (exact) mass is 198 g/mol. The van der Waals surface area contributed by atoms with E-state index < -0.39 is 0 Å². The second-order valence-electron chi connectivity index (χ2n) is 4.49. The molecule has 1 rings (SSSR count). The minimum atomic E-state index is -0.151. The van der Waals surface area contributed by atoms with Crippen LogP contribution in [0.4, 0.5) is 0 Å². The molecule has 4 atom stereocenters. The number of hydrogen-bond donors (Lipinski definition) is 1. The minimum absolute atomic E-state index is 0.151. The topological polar surface area (TPSA) is 29.5 Å². The standard InChI is InChI=1S/C11H23BO2/c1-3-5-10-8(4-2)9(13)6-7-11(12)14-10/h8-11,13H,3-7,12H2,1-2H3. The molecule has 0 aliphatic carbocycles. The van der Waals surface area contributed by atoms with Crippen molar-refractivity contribution in [3.05, 3.63) is 0 Å². The molecule has 1 heterocycles. The molecular weight excluding hydrogens is 175 g/mol. The van der Waals surface area contributed by atoms with Crippen molar-refractivity contribution in [2.45, 2.75) is 64.2 Å². The fraction of sp³-hybridized carbons (Fsp3) is 1.00. The highest BCUT2D eigenvalue weighted by atomic mass is 16.5. The number of aliphatic hydroxyl groups is 1. The summed E-state index contributed by atoms with van der Waals surface area (Å²) in [5, 5.41) is 9.98. The Bertz CT molecular complexity index is 163. The molecule has 1 saturated heterocycles. The zero-order valence-electron chi connectivity index (χ0n) is 9.70. The predicted molar refractivity (Wildman–Crippen MR) is 61.1 cm³/mol. The molecule has 0 amide bonds. The average molecular weight is 198 g/mol. The molecule has 0 aromatic carbocycles. The van der Waals surface area contributed by atoms with Crippen LogP contribution in [0.25, 0.3) is 0 Å². The van der Waals surface area contributed by atoms with Crippen molar-refractivity contribution in [2.24, 2.45) is 5.92 Å². The lowest BCUT2D eigenvalue weighted by Gasteiger charge is -2.28. The van der Waals surface area contributed by atoms with Gasteiger partial charge in [0.05, 0.1) is 12.2 Å². The molecular formula is C11H23BO2. The van der Waals surface area contributed by atoms with Crippen LogP contribution in [0.5, 0.6) is 0 Å². The molecule has 3 heteroatoms. The fourth-order valence-electron chi connectivity index (χ4n) is 2.44. The summed E-state index contributed by atoms with van der Waals surface area (Å²) < 4.78 is 5.97. The van der Waals surface area contributed by atoms with E-state index in [2.05, 4.69) is 21.7 Å². The summed E-state index contributed by atoms with van der Waals surface area (Å²) in [4.78, 5) is 0. The Morgan fingerprint density at radius 3 is 2.64 bits per heavy atom. The van der Waals surface area contributed by atoms with Gasteiger partial charge in [0.25, 0.3) is 0 Å². The van der Waals surface area contributed by atoms with Gasteiger partial charge in [-0.05, 0) is 25.7 Å². The van der Waals surface area contributed by atoms with Gasteiger partial charge in [-0.1, -0.05) is 20.3 Å². The summed E-state index contributed by atoms with van der Waals surface area (Å²) in [5.74, 6) is 0.347. The molecule has 0 bridgehead atoms. The van der Waals surface area contributed by atoms with Crippen LogP contribution < -0.4 is 0 Å². The molecule has 1 N–H and O–H groups in total. The van der Waals surface area contributed by atoms with Crippen LogP contribution in [0.2, 0.25) is 0 Å². The number of rotatable bonds is 3. The molecule has 0 saturated carbocycles. The molecule has 0 aromatic rings. The number of aliphatic hydroxyl groups excluding tert-OH is 1. The zero-order chi connectivity index (χ0) is 10.6. The van der Waals surface area contributed by atoms with E-state index in [1.54, 1.807) is 0 Å². The number of ether oxygens (including phenoxy) is 1. The van der Waals surface area contributed by atoms with Crippen LogP contribution in [0.3, 0.4) is 0 Å². The van der Waals surface area contributed by atoms with Crippen LogP contribution in [-0.4, -0.2) is 31.2 Å². The third kappa shape index (κ3) is 2.99. The minimum Gasteiger partial charge on any atom is -0.393 e. The van der Waals surface area contributed by atoms with Gasteiger partial charge < -0.3 is 9.84 Å². The highest BCUT2D eigenvalue weighted by Crippen LogP contribution is 2.28. The summed E-state index contributed by atoms with van der Waals surface area (Å²) in [6.07, 6.45) is 5.27. The first-order chi connectivity index (χ1) is 6.69. The van der Waals surface area contributed by atoms with Crippen molar-refractivity contribution in [1.29, 1.82) is 0 Å². The van der Waals surface area contributed by atoms with E-state index in [9.17, 15) is 5.11 Å². The van der Waals surface area contributed by atoms with E-state index in [-0.39, 0.29) is 12.2 Å². The van der Waals surface area contributed by atoms with Gasteiger partial charge in [0, 0.05) is 11.9 Å². The Hall–Kier alpha value is -0.0151. The predicted octanol–water partition coefficient (Wildman–Crippen LogP) is 1.31. The Morgan fingerprint density at radius 1 is 1.36 bits per heavy atom. The van der Waals surface area contributed by atoms with Gasteiger partial charge >= 0.3 is 0 Å². The third-order valence-corrected chi connectivity index (χ3v) is 3.29. The summed E-state index contributed by atoms with van der Waals surface area (Å²) in [7, 11) is 2.12. The van der Waals surface area contributed by atoms with E-state index in [1.807, 2.05) is 0 Å². The van der Waals surface area contributed by atoms with Gasteiger partial charge in [-0.25, -0.2) is 0 Å². The van der Waals surface area contributed by atoms with Crippen molar-refractivity contribution >= 4 is 7.85 Å².